The summed E-state index contributed by atoms with van der Waals surface area (Å²) in [5, 5.41) is 7.88. The minimum absolute atomic E-state index is 0.147. The molecule has 0 aliphatic carbocycles. The van der Waals surface area contributed by atoms with Crippen molar-refractivity contribution >= 4 is 11.3 Å². The summed E-state index contributed by atoms with van der Waals surface area (Å²) < 4.78 is 33.8. The average Bonchev–Trinajstić information content (AvgIpc) is 3.19. The Hall–Kier alpha value is -2.32. The molecule has 0 aliphatic heterocycles. The van der Waals surface area contributed by atoms with Gasteiger partial charge in [0.1, 0.15) is 5.75 Å². The summed E-state index contributed by atoms with van der Waals surface area (Å²) >= 11 is 1.57. The van der Waals surface area contributed by atoms with E-state index < -0.39 is 6.61 Å². The first-order valence-electron chi connectivity index (χ1n) is 7.17. The number of hydrogen-bond acceptors (Lipinski definition) is 6. The maximum absolute atomic E-state index is 12.1. The van der Waals surface area contributed by atoms with E-state index in [1.54, 1.807) is 23.5 Å². The molecule has 0 radical (unpaired) electrons. The first-order valence-corrected chi connectivity index (χ1v) is 8.12. The minimum atomic E-state index is -2.81. The summed E-state index contributed by atoms with van der Waals surface area (Å²) in [7, 11) is 1.91. The van der Waals surface area contributed by atoms with E-state index >= 15 is 0 Å². The van der Waals surface area contributed by atoms with E-state index in [2.05, 4.69) is 14.9 Å². The predicted molar refractivity (Wildman–Crippen MR) is 85.9 cm³/mol. The van der Waals surface area contributed by atoms with Crippen LogP contribution >= 0.6 is 11.3 Å². The molecule has 0 bridgehead atoms. The van der Waals surface area contributed by atoms with Crippen LogP contribution in [0.15, 0.2) is 45.6 Å². The van der Waals surface area contributed by atoms with Crippen LogP contribution in [0.3, 0.4) is 0 Å². The second kappa shape index (κ2) is 7.50. The number of hydrogen-bond donors (Lipinski definition) is 0. The Kier molecular flexibility index (Phi) is 5.17. The number of rotatable bonds is 7. The molecule has 1 aromatic carbocycles. The molecule has 0 saturated carbocycles. The van der Waals surface area contributed by atoms with Crippen molar-refractivity contribution in [2.75, 3.05) is 7.05 Å². The number of aromatic nitrogens is 2. The highest BCUT2D eigenvalue weighted by molar-refractivity contribution is 7.08. The molecule has 24 heavy (non-hydrogen) atoms. The Bertz CT molecular complexity index is 760. The number of alkyl halides is 2. The van der Waals surface area contributed by atoms with Gasteiger partial charge in [-0.1, -0.05) is 17.3 Å². The number of ether oxygens (including phenoxy) is 1. The zero-order chi connectivity index (χ0) is 16.9. The summed E-state index contributed by atoms with van der Waals surface area (Å²) in [5.74, 6) is 1.25. The van der Waals surface area contributed by atoms with Crippen LogP contribution in [-0.2, 0) is 13.1 Å². The van der Waals surface area contributed by atoms with Crippen molar-refractivity contribution in [1.82, 2.24) is 15.0 Å². The van der Waals surface area contributed by atoms with Crippen molar-refractivity contribution in [2.45, 2.75) is 19.7 Å². The quantitative estimate of drug-likeness (QED) is 0.643. The molecule has 0 atom stereocenters. The van der Waals surface area contributed by atoms with Crippen LogP contribution in [0, 0.1) is 0 Å². The first kappa shape index (κ1) is 16.5. The van der Waals surface area contributed by atoms with Crippen molar-refractivity contribution in [3.8, 4) is 17.1 Å². The van der Waals surface area contributed by atoms with Gasteiger partial charge in [-0.15, -0.1) is 0 Å². The molecular weight excluding hydrogens is 336 g/mol. The fourth-order valence-electron chi connectivity index (χ4n) is 2.20. The Labute approximate surface area is 141 Å². The lowest BCUT2D eigenvalue weighted by molar-refractivity contribution is -0.0498. The monoisotopic (exact) mass is 351 g/mol. The topological polar surface area (TPSA) is 51.4 Å². The van der Waals surface area contributed by atoms with Gasteiger partial charge in [0.15, 0.2) is 0 Å². The average molecular weight is 351 g/mol. The van der Waals surface area contributed by atoms with Gasteiger partial charge >= 0.3 is 6.61 Å². The zero-order valence-corrected chi connectivity index (χ0v) is 13.7. The Balaban J connectivity index is 1.56. The van der Waals surface area contributed by atoms with Gasteiger partial charge in [0.25, 0.3) is 0 Å². The Morgan fingerprint density at radius 2 is 2.00 bits per heavy atom. The molecule has 0 amide bonds. The molecule has 0 aliphatic rings. The predicted octanol–water partition coefficient (Wildman–Crippen LogP) is 4.03. The van der Waals surface area contributed by atoms with Gasteiger partial charge < -0.3 is 9.26 Å². The Morgan fingerprint density at radius 3 is 2.67 bits per heavy atom. The summed E-state index contributed by atoms with van der Waals surface area (Å²) in [5.41, 5.74) is 1.91. The highest BCUT2D eigenvalue weighted by Gasteiger charge is 2.11. The SMILES string of the molecule is CN(Cc1ccc(OC(F)F)cc1)Cc1nc(-c2ccsc2)no1. The van der Waals surface area contributed by atoms with E-state index in [9.17, 15) is 8.78 Å². The Morgan fingerprint density at radius 1 is 1.21 bits per heavy atom. The molecule has 0 unspecified atom stereocenters. The lowest BCUT2D eigenvalue weighted by Gasteiger charge is -2.14. The fourth-order valence-corrected chi connectivity index (χ4v) is 2.84. The molecule has 8 heteroatoms. The normalized spacial score (nSPS) is 11.4. The highest BCUT2D eigenvalue weighted by atomic mass is 32.1. The van der Waals surface area contributed by atoms with E-state index in [-0.39, 0.29) is 5.75 Å². The van der Waals surface area contributed by atoms with Crippen molar-refractivity contribution in [2.24, 2.45) is 0 Å². The van der Waals surface area contributed by atoms with Crippen LogP contribution in [0.4, 0.5) is 8.78 Å². The van der Waals surface area contributed by atoms with Crippen LogP contribution in [0.5, 0.6) is 5.75 Å². The van der Waals surface area contributed by atoms with Crippen molar-refractivity contribution in [3.63, 3.8) is 0 Å². The molecule has 0 spiro atoms. The summed E-state index contributed by atoms with van der Waals surface area (Å²) in [4.78, 5) is 6.36. The van der Waals surface area contributed by atoms with E-state index in [0.717, 1.165) is 11.1 Å². The van der Waals surface area contributed by atoms with Crippen LogP contribution in [0.2, 0.25) is 0 Å². The number of halogens is 2. The second-order valence-corrected chi connectivity index (χ2v) is 6.00. The van der Waals surface area contributed by atoms with Gasteiger partial charge in [-0.05, 0) is 36.2 Å². The molecular formula is C16H15F2N3O2S. The minimum Gasteiger partial charge on any atom is -0.435 e. The molecule has 0 fully saturated rings. The van der Waals surface area contributed by atoms with Gasteiger partial charge in [0.2, 0.25) is 11.7 Å². The fraction of sp³-hybridized carbons (Fsp3) is 0.250. The molecule has 3 aromatic rings. The molecule has 2 aromatic heterocycles. The van der Waals surface area contributed by atoms with Crippen molar-refractivity contribution in [3.05, 3.63) is 52.5 Å². The summed E-state index contributed by atoms with van der Waals surface area (Å²) in [6.45, 7) is -1.70. The smallest absolute Gasteiger partial charge is 0.387 e. The van der Waals surface area contributed by atoms with Crippen LogP contribution < -0.4 is 4.74 Å². The lowest BCUT2D eigenvalue weighted by atomic mass is 10.2. The molecule has 0 saturated heterocycles. The van der Waals surface area contributed by atoms with Crippen molar-refractivity contribution in [1.29, 1.82) is 0 Å². The molecule has 0 N–H and O–H groups in total. The van der Waals surface area contributed by atoms with Gasteiger partial charge in [0, 0.05) is 17.5 Å². The van der Waals surface area contributed by atoms with Gasteiger partial charge in [-0.25, -0.2) is 0 Å². The second-order valence-electron chi connectivity index (χ2n) is 5.22. The largest absolute Gasteiger partial charge is 0.435 e. The van der Waals surface area contributed by atoms with E-state index in [0.29, 0.717) is 24.8 Å². The maximum Gasteiger partial charge on any atom is 0.387 e. The van der Waals surface area contributed by atoms with Gasteiger partial charge in [-0.2, -0.15) is 25.1 Å². The van der Waals surface area contributed by atoms with E-state index in [1.165, 1.54) is 12.1 Å². The van der Waals surface area contributed by atoms with E-state index in [1.807, 2.05) is 28.8 Å². The number of nitrogens with zero attached hydrogens (tertiary/aromatic N) is 3. The molecule has 2 heterocycles. The number of benzene rings is 1. The van der Waals surface area contributed by atoms with Crippen molar-refractivity contribution < 1.29 is 18.0 Å². The van der Waals surface area contributed by atoms with Gasteiger partial charge in [-0.3, -0.25) is 4.90 Å². The third-order valence-electron chi connectivity index (χ3n) is 3.25. The third kappa shape index (κ3) is 4.36. The zero-order valence-electron chi connectivity index (χ0n) is 12.9. The standard InChI is InChI=1S/C16H15F2N3O2S/c1-21(8-11-2-4-13(5-3-11)22-16(17)18)9-14-19-15(20-23-14)12-6-7-24-10-12/h2-7,10,16H,8-9H2,1H3. The summed E-state index contributed by atoms with van der Waals surface area (Å²) in [6.07, 6.45) is 0. The first-order chi connectivity index (χ1) is 11.6. The molecule has 5 nitrogen and oxygen atoms in total. The highest BCUT2D eigenvalue weighted by Crippen LogP contribution is 2.20. The van der Waals surface area contributed by atoms with Crippen LogP contribution in [0.1, 0.15) is 11.5 Å². The maximum atomic E-state index is 12.1. The number of thiophene rings is 1. The molecule has 3 rings (SSSR count). The third-order valence-corrected chi connectivity index (χ3v) is 3.94. The summed E-state index contributed by atoms with van der Waals surface area (Å²) in [6, 6.07) is 8.48. The van der Waals surface area contributed by atoms with Crippen LogP contribution in [-0.4, -0.2) is 28.7 Å². The van der Waals surface area contributed by atoms with Crippen LogP contribution in [0.25, 0.3) is 11.4 Å². The van der Waals surface area contributed by atoms with E-state index in [4.69, 9.17) is 4.52 Å². The lowest BCUT2D eigenvalue weighted by Crippen LogP contribution is -2.17. The van der Waals surface area contributed by atoms with Gasteiger partial charge in [0.05, 0.1) is 6.54 Å². The molecule has 126 valence electrons.